The highest BCUT2D eigenvalue weighted by Gasteiger charge is 2.26. The van der Waals surface area contributed by atoms with Gasteiger partial charge in [-0.25, -0.2) is 9.50 Å². The number of fused-ring (bicyclic) bond motifs is 1. The molecule has 0 aromatic carbocycles. The molecule has 0 atom stereocenters. The molecule has 0 aliphatic heterocycles. The SMILES string of the molecule is CC.Cc1cnc2c(NCCC(F)(F)F)cc(Cl)nn12. The normalized spacial score (nSPS) is 11.2. The summed E-state index contributed by atoms with van der Waals surface area (Å²) >= 11 is 5.80. The molecule has 1 N–H and O–H groups in total. The fourth-order valence-electron chi connectivity index (χ4n) is 1.52. The first-order valence-corrected chi connectivity index (χ1v) is 6.56. The van der Waals surface area contributed by atoms with Crippen LogP contribution >= 0.6 is 11.6 Å². The number of aryl methyl sites for hydroxylation is 1. The molecular weight excluding hydrogens is 293 g/mol. The molecule has 0 radical (unpaired) electrons. The second kappa shape index (κ2) is 6.78. The highest BCUT2D eigenvalue weighted by Crippen LogP contribution is 2.22. The third-order valence-corrected chi connectivity index (χ3v) is 2.52. The number of halogens is 4. The molecule has 0 bridgehead atoms. The molecule has 2 rings (SSSR count). The molecular formula is C12H16ClF3N4. The summed E-state index contributed by atoms with van der Waals surface area (Å²) in [5.74, 6) is 0. The predicted octanol–water partition coefficient (Wildman–Crippen LogP) is 4.08. The molecule has 4 nitrogen and oxygen atoms in total. The van der Waals surface area contributed by atoms with Gasteiger partial charge in [0.25, 0.3) is 0 Å². The summed E-state index contributed by atoms with van der Waals surface area (Å²) in [4.78, 5) is 4.07. The lowest BCUT2D eigenvalue weighted by molar-refractivity contribution is -0.131. The quantitative estimate of drug-likeness (QED) is 0.929. The average Bonchev–Trinajstić information content (AvgIpc) is 2.72. The lowest BCUT2D eigenvalue weighted by atomic mass is 10.3. The van der Waals surface area contributed by atoms with Gasteiger partial charge in [0, 0.05) is 12.6 Å². The number of alkyl halides is 3. The van der Waals surface area contributed by atoms with Gasteiger partial charge in [0.05, 0.1) is 24.0 Å². The van der Waals surface area contributed by atoms with Crippen LogP contribution in [0.15, 0.2) is 12.3 Å². The van der Waals surface area contributed by atoms with Gasteiger partial charge in [0.2, 0.25) is 0 Å². The molecule has 0 saturated carbocycles. The lowest BCUT2D eigenvalue weighted by Crippen LogP contribution is -2.15. The molecule has 2 aromatic rings. The van der Waals surface area contributed by atoms with Gasteiger partial charge in [-0.1, -0.05) is 25.4 Å². The van der Waals surface area contributed by atoms with Crippen LogP contribution in [0, 0.1) is 6.92 Å². The van der Waals surface area contributed by atoms with Gasteiger partial charge >= 0.3 is 6.18 Å². The zero-order valence-corrected chi connectivity index (χ0v) is 12.2. The van der Waals surface area contributed by atoms with E-state index in [2.05, 4.69) is 15.4 Å². The van der Waals surface area contributed by atoms with E-state index in [0.29, 0.717) is 11.3 Å². The van der Waals surface area contributed by atoms with E-state index >= 15 is 0 Å². The molecule has 0 saturated heterocycles. The standard InChI is InChI=1S/C10H10ClF3N4.C2H6/c1-6-5-16-9-7(4-8(11)17-18(6)9)15-3-2-10(12,13)14;1-2/h4-5,15H,2-3H2,1H3;1-2H3. The van der Waals surface area contributed by atoms with E-state index in [1.165, 1.54) is 10.6 Å². The van der Waals surface area contributed by atoms with Crippen molar-refractivity contribution in [3.05, 3.63) is 23.1 Å². The highest BCUT2D eigenvalue weighted by atomic mass is 35.5. The van der Waals surface area contributed by atoms with Crippen molar-refractivity contribution in [3.8, 4) is 0 Å². The monoisotopic (exact) mass is 308 g/mol. The fourth-order valence-corrected chi connectivity index (χ4v) is 1.70. The van der Waals surface area contributed by atoms with E-state index < -0.39 is 12.6 Å². The lowest BCUT2D eigenvalue weighted by Gasteiger charge is -2.10. The zero-order valence-electron chi connectivity index (χ0n) is 11.4. The number of rotatable bonds is 3. The van der Waals surface area contributed by atoms with Crippen LogP contribution in [0.3, 0.4) is 0 Å². The number of hydrogen-bond donors (Lipinski definition) is 1. The molecule has 0 unspecified atom stereocenters. The third kappa shape index (κ3) is 4.26. The first-order chi connectivity index (χ1) is 9.37. The molecule has 0 amide bonds. The molecule has 2 aromatic heterocycles. The van der Waals surface area contributed by atoms with Crippen LogP contribution in [0.25, 0.3) is 5.65 Å². The summed E-state index contributed by atoms with van der Waals surface area (Å²) in [6.07, 6.45) is -3.53. The van der Waals surface area contributed by atoms with Crippen LogP contribution in [0.5, 0.6) is 0 Å². The van der Waals surface area contributed by atoms with E-state index in [1.807, 2.05) is 13.8 Å². The molecule has 0 aliphatic rings. The number of anilines is 1. The van der Waals surface area contributed by atoms with Crippen LogP contribution in [-0.4, -0.2) is 27.3 Å². The Labute approximate surface area is 120 Å². The summed E-state index contributed by atoms with van der Waals surface area (Å²) in [6.45, 7) is 5.55. The average molecular weight is 309 g/mol. The van der Waals surface area contributed by atoms with Crippen molar-refractivity contribution in [1.82, 2.24) is 14.6 Å². The molecule has 0 spiro atoms. The van der Waals surface area contributed by atoms with Crippen molar-refractivity contribution in [1.29, 1.82) is 0 Å². The van der Waals surface area contributed by atoms with Crippen LogP contribution in [0.4, 0.5) is 18.9 Å². The largest absolute Gasteiger partial charge is 0.390 e. The van der Waals surface area contributed by atoms with Gasteiger partial charge in [-0.3, -0.25) is 0 Å². The Kier molecular flexibility index (Phi) is 5.62. The molecule has 2 heterocycles. The van der Waals surface area contributed by atoms with Crippen molar-refractivity contribution >= 4 is 22.9 Å². The van der Waals surface area contributed by atoms with E-state index in [9.17, 15) is 13.2 Å². The minimum atomic E-state index is -4.19. The van der Waals surface area contributed by atoms with Crippen LogP contribution < -0.4 is 5.32 Å². The highest BCUT2D eigenvalue weighted by molar-refractivity contribution is 6.29. The number of imidazole rings is 1. The van der Waals surface area contributed by atoms with Gasteiger partial charge < -0.3 is 5.32 Å². The minimum absolute atomic E-state index is 0.193. The summed E-state index contributed by atoms with van der Waals surface area (Å²) in [6, 6.07) is 1.46. The van der Waals surface area contributed by atoms with E-state index in [-0.39, 0.29) is 11.7 Å². The van der Waals surface area contributed by atoms with Gasteiger partial charge in [-0.2, -0.15) is 18.3 Å². The Morgan fingerprint density at radius 2 is 2.00 bits per heavy atom. The maximum atomic E-state index is 12.1. The number of nitrogens with zero attached hydrogens (tertiary/aromatic N) is 3. The Bertz CT molecular complexity index is 566. The van der Waals surface area contributed by atoms with Gasteiger partial charge in [0.1, 0.15) is 0 Å². The maximum Gasteiger partial charge on any atom is 0.390 e. The topological polar surface area (TPSA) is 42.2 Å². The molecule has 8 heteroatoms. The summed E-state index contributed by atoms with van der Waals surface area (Å²) < 4.78 is 37.7. The molecule has 112 valence electrons. The van der Waals surface area contributed by atoms with Crippen molar-refractivity contribution in [2.45, 2.75) is 33.4 Å². The first kappa shape index (κ1) is 16.6. The van der Waals surface area contributed by atoms with Crippen LogP contribution in [-0.2, 0) is 0 Å². The smallest absolute Gasteiger partial charge is 0.382 e. The number of aromatic nitrogens is 3. The molecule has 0 fully saturated rings. The van der Waals surface area contributed by atoms with E-state index in [4.69, 9.17) is 11.6 Å². The summed E-state index contributed by atoms with van der Waals surface area (Å²) in [5, 5.41) is 6.87. The summed E-state index contributed by atoms with van der Waals surface area (Å²) in [7, 11) is 0. The Morgan fingerprint density at radius 3 is 2.60 bits per heavy atom. The first-order valence-electron chi connectivity index (χ1n) is 6.18. The third-order valence-electron chi connectivity index (χ3n) is 2.33. The van der Waals surface area contributed by atoms with E-state index in [1.54, 1.807) is 13.1 Å². The van der Waals surface area contributed by atoms with Crippen molar-refractivity contribution in [3.63, 3.8) is 0 Å². The van der Waals surface area contributed by atoms with Crippen molar-refractivity contribution in [2.24, 2.45) is 0 Å². The van der Waals surface area contributed by atoms with Crippen molar-refractivity contribution < 1.29 is 13.2 Å². The van der Waals surface area contributed by atoms with Crippen molar-refractivity contribution in [2.75, 3.05) is 11.9 Å². The van der Waals surface area contributed by atoms with Gasteiger partial charge in [0.15, 0.2) is 10.8 Å². The number of nitrogens with one attached hydrogen (secondary N) is 1. The Morgan fingerprint density at radius 1 is 1.35 bits per heavy atom. The van der Waals surface area contributed by atoms with Gasteiger partial charge in [-0.15, -0.1) is 0 Å². The fraction of sp³-hybridized carbons (Fsp3) is 0.500. The van der Waals surface area contributed by atoms with Crippen LogP contribution in [0.2, 0.25) is 5.15 Å². The van der Waals surface area contributed by atoms with Gasteiger partial charge in [-0.05, 0) is 6.92 Å². The Hall–Kier alpha value is -1.50. The predicted molar refractivity (Wildman–Crippen MR) is 73.2 cm³/mol. The van der Waals surface area contributed by atoms with E-state index in [0.717, 1.165) is 5.69 Å². The molecule has 0 aliphatic carbocycles. The zero-order chi connectivity index (χ0) is 15.3. The van der Waals surface area contributed by atoms with Crippen LogP contribution in [0.1, 0.15) is 26.0 Å². The second-order valence-corrected chi connectivity index (χ2v) is 4.19. The summed E-state index contributed by atoms with van der Waals surface area (Å²) in [5.41, 5.74) is 1.65. The minimum Gasteiger partial charge on any atom is -0.382 e. The number of hydrogen-bond acceptors (Lipinski definition) is 3. The Balaban J connectivity index is 0.000000956. The maximum absolute atomic E-state index is 12.1. The second-order valence-electron chi connectivity index (χ2n) is 3.81. The molecule has 20 heavy (non-hydrogen) atoms.